The molecule has 1 aromatic rings. The normalized spacial score (nSPS) is 16.9. The van der Waals surface area contributed by atoms with E-state index in [0.29, 0.717) is 0 Å². The van der Waals surface area contributed by atoms with Gasteiger partial charge in [0.15, 0.2) is 0 Å². The quantitative estimate of drug-likeness (QED) is 0.767. The third-order valence-corrected chi connectivity index (χ3v) is 3.65. The van der Waals surface area contributed by atoms with Crippen LogP contribution in [0.3, 0.4) is 0 Å². The van der Waals surface area contributed by atoms with Gasteiger partial charge < -0.3 is 9.64 Å². The van der Waals surface area contributed by atoms with Crippen LogP contribution in [0.4, 0.5) is 0 Å². The van der Waals surface area contributed by atoms with E-state index in [0.717, 1.165) is 24.2 Å². The van der Waals surface area contributed by atoms with E-state index in [-0.39, 0.29) is 12.0 Å². The number of rotatable bonds is 3. The average molecular weight is 245 g/mol. The second kappa shape index (κ2) is 5.25. The topological polar surface area (TPSA) is 29.5 Å². The lowest BCUT2D eigenvalue weighted by Gasteiger charge is -2.28. The minimum absolute atomic E-state index is 0.199. The Labute approximate surface area is 108 Å². The maximum absolute atomic E-state index is 11.6. The highest BCUT2D eigenvalue weighted by Gasteiger charge is 2.28. The fourth-order valence-electron chi connectivity index (χ4n) is 2.52. The van der Waals surface area contributed by atoms with E-state index in [1.54, 1.807) is 0 Å². The van der Waals surface area contributed by atoms with Crippen molar-refractivity contribution in [3.8, 4) is 0 Å². The van der Waals surface area contributed by atoms with Gasteiger partial charge in [0, 0.05) is 12.2 Å². The summed E-state index contributed by atoms with van der Waals surface area (Å²) in [7, 11) is 1.44. The number of carbonyl (C=O) groups excluding carboxylic acids is 1. The lowest BCUT2D eigenvalue weighted by molar-refractivity contribution is -0.136. The van der Waals surface area contributed by atoms with E-state index >= 15 is 0 Å². The van der Waals surface area contributed by atoms with Crippen molar-refractivity contribution in [3.63, 3.8) is 0 Å². The van der Waals surface area contributed by atoms with Crippen molar-refractivity contribution in [1.29, 1.82) is 0 Å². The van der Waals surface area contributed by atoms with Gasteiger partial charge in [-0.15, -0.1) is 0 Å². The molecule has 0 radical (unpaired) electrons. The minimum Gasteiger partial charge on any atom is -0.466 e. The van der Waals surface area contributed by atoms with Gasteiger partial charge in [0.1, 0.15) is 0 Å². The van der Waals surface area contributed by atoms with Crippen LogP contribution in [0.5, 0.6) is 0 Å². The Hall–Kier alpha value is -1.77. The van der Waals surface area contributed by atoms with Crippen LogP contribution in [-0.2, 0) is 9.53 Å². The molecule has 3 heteroatoms. The van der Waals surface area contributed by atoms with E-state index in [1.807, 2.05) is 25.1 Å². The molecule has 2 rings (SSSR count). The largest absolute Gasteiger partial charge is 0.466 e. The van der Waals surface area contributed by atoms with Crippen LogP contribution in [-0.4, -0.2) is 24.5 Å². The summed E-state index contributed by atoms with van der Waals surface area (Å²) in [5, 5.41) is 0. The third-order valence-electron chi connectivity index (χ3n) is 3.65. The highest BCUT2D eigenvalue weighted by Crippen LogP contribution is 2.32. The molecule has 0 amide bonds. The molecule has 1 aromatic carbocycles. The van der Waals surface area contributed by atoms with E-state index in [1.165, 1.54) is 12.7 Å². The van der Waals surface area contributed by atoms with Crippen molar-refractivity contribution in [2.45, 2.75) is 26.3 Å². The molecule has 0 saturated carbocycles. The van der Waals surface area contributed by atoms with Crippen LogP contribution >= 0.6 is 0 Å². The number of hydrogen-bond donors (Lipinski definition) is 0. The van der Waals surface area contributed by atoms with Crippen molar-refractivity contribution >= 4 is 5.97 Å². The maximum atomic E-state index is 11.6. The van der Waals surface area contributed by atoms with Gasteiger partial charge in [0.25, 0.3) is 0 Å². The Kier molecular flexibility index (Phi) is 3.70. The number of allylic oxidation sites excluding steroid dienone is 1. The average Bonchev–Trinajstić information content (AvgIpc) is 2.80. The Morgan fingerprint density at radius 2 is 2.00 bits per heavy atom. The SMILES string of the molecule is COC(=O)C1=C(C)N(C(C)c2ccccc2)CC1. The second-order valence-corrected chi connectivity index (χ2v) is 4.59. The third kappa shape index (κ3) is 2.26. The summed E-state index contributed by atoms with van der Waals surface area (Å²) in [6, 6.07) is 10.6. The molecule has 1 aliphatic rings. The van der Waals surface area contributed by atoms with Crippen molar-refractivity contribution in [2.75, 3.05) is 13.7 Å². The number of nitrogens with zero attached hydrogens (tertiary/aromatic N) is 1. The standard InChI is InChI=1S/C15H19NO2/c1-11(13-7-5-4-6-8-13)16-10-9-14(12(16)2)15(17)18-3/h4-8,11H,9-10H2,1-3H3. The lowest BCUT2D eigenvalue weighted by Crippen LogP contribution is -2.22. The highest BCUT2D eigenvalue weighted by molar-refractivity contribution is 5.89. The number of benzene rings is 1. The van der Waals surface area contributed by atoms with E-state index in [9.17, 15) is 4.79 Å². The zero-order valence-electron chi connectivity index (χ0n) is 11.1. The van der Waals surface area contributed by atoms with Crippen LogP contribution in [0.15, 0.2) is 41.6 Å². The van der Waals surface area contributed by atoms with Crippen LogP contribution in [0.2, 0.25) is 0 Å². The molecule has 96 valence electrons. The van der Waals surface area contributed by atoms with Gasteiger partial charge in [-0.05, 0) is 25.8 Å². The monoisotopic (exact) mass is 245 g/mol. The van der Waals surface area contributed by atoms with Crippen LogP contribution in [0.25, 0.3) is 0 Å². The predicted octanol–water partition coefficient (Wildman–Crippen LogP) is 2.90. The molecule has 1 heterocycles. The van der Waals surface area contributed by atoms with Crippen LogP contribution < -0.4 is 0 Å². The number of ether oxygens (including phenoxy) is 1. The molecule has 0 aliphatic carbocycles. The first-order chi connectivity index (χ1) is 8.65. The van der Waals surface area contributed by atoms with Crippen LogP contribution in [0, 0.1) is 0 Å². The van der Waals surface area contributed by atoms with Crippen LogP contribution in [0.1, 0.15) is 31.9 Å². The molecular weight excluding hydrogens is 226 g/mol. The molecule has 1 aliphatic heterocycles. The van der Waals surface area contributed by atoms with Gasteiger partial charge >= 0.3 is 5.97 Å². The smallest absolute Gasteiger partial charge is 0.335 e. The van der Waals surface area contributed by atoms with Crippen molar-refractivity contribution in [2.24, 2.45) is 0 Å². The molecular formula is C15H19NO2. The molecule has 3 nitrogen and oxygen atoms in total. The number of hydrogen-bond acceptors (Lipinski definition) is 3. The molecule has 0 fully saturated rings. The Morgan fingerprint density at radius 3 is 2.61 bits per heavy atom. The van der Waals surface area contributed by atoms with Crippen molar-refractivity contribution < 1.29 is 9.53 Å². The Balaban J connectivity index is 2.21. The second-order valence-electron chi connectivity index (χ2n) is 4.59. The maximum Gasteiger partial charge on any atom is 0.335 e. The molecule has 0 N–H and O–H groups in total. The summed E-state index contributed by atoms with van der Waals surface area (Å²) in [6.07, 6.45) is 0.773. The molecule has 0 spiro atoms. The number of carbonyl (C=O) groups is 1. The first-order valence-electron chi connectivity index (χ1n) is 6.24. The van der Waals surface area contributed by atoms with E-state index in [4.69, 9.17) is 4.74 Å². The first-order valence-corrected chi connectivity index (χ1v) is 6.24. The highest BCUT2D eigenvalue weighted by atomic mass is 16.5. The molecule has 1 unspecified atom stereocenters. The summed E-state index contributed by atoms with van der Waals surface area (Å²) in [5.74, 6) is -0.199. The number of esters is 1. The van der Waals surface area contributed by atoms with E-state index in [2.05, 4.69) is 24.0 Å². The van der Waals surface area contributed by atoms with Gasteiger partial charge in [-0.3, -0.25) is 0 Å². The molecule has 1 atom stereocenters. The molecule has 18 heavy (non-hydrogen) atoms. The molecule has 0 bridgehead atoms. The summed E-state index contributed by atoms with van der Waals surface area (Å²) < 4.78 is 4.81. The predicted molar refractivity (Wildman–Crippen MR) is 70.9 cm³/mol. The van der Waals surface area contributed by atoms with Gasteiger partial charge in [-0.25, -0.2) is 4.79 Å². The van der Waals surface area contributed by atoms with Gasteiger partial charge in [0.05, 0.1) is 18.7 Å². The fraction of sp³-hybridized carbons (Fsp3) is 0.400. The molecule has 0 saturated heterocycles. The van der Waals surface area contributed by atoms with E-state index < -0.39 is 0 Å². The van der Waals surface area contributed by atoms with Crippen molar-refractivity contribution in [3.05, 3.63) is 47.2 Å². The first kappa shape index (κ1) is 12.7. The zero-order chi connectivity index (χ0) is 13.1. The zero-order valence-corrected chi connectivity index (χ0v) is 11.1. The Bertz CT molecular complexity index is 465. The summed E-state index contributed by atoms with van der Waals surface area (Å²) in [4.78, 5) is 13.9. The number of methoxy groups -OCH3 is 1. The van der Waals surface area contributed by atoms with Gasteiger partial charge in [0.2, 0.25) is 0 Å². The van der Waals surface area contributed by atoms with Crippen molar-refractivity contribution in [1.82, 2.24) is 4.90 Å². The van der Waals surface area contributed by atoms with Gasteiger partial charge in [-0.2, -0.15) is 0 Å². The fourth-order valence-corrected chi connectivity index (χ4v) is 2.52. The lowest BCUT2D eigenvalue weighted by atomic mass is 10.1. The summed E-state index contributed by atoms with van der Waals surface area (Å²) >= 11 is 0. The minimum atomic E-state index is -0.199. The Morgan fingerprint density at radius 1 is 1.33 bits per heavy atom. The summed E-state index contributed by atoms with van der Waals surface area (Å²) in [5.41, 5.74) is 3.11. The molecule has 0 aromatic heterocycles. The van der Waals surface area contributed by atoms with Gasteiger partial charge in [-0.1, -0.05) is 30.3 Å². The summed E-state index contributed by atoms with van der Waals surface area (Å²) in [6.45, 7) is 5.05.